The molecule has 0 atom stereocenters. The molecule has 0 aliphatic rings. The smallest absolute Gasteiger partial charge is 0.228 e. The van der Waals surface area contributed by atoms with Crippen molar-refractivity contribution in [1.29, 1.82) is 0 Å². The van der Waals surface area contributed by atoms with Gasteiger partial charge in [0.05, 0.1) is 6.42 Å². The van der Waals surface area contributed by atoms with Crippen LogP contribution in [0, 0.1) is 12.7 Å². The normalized spacial score (nSPS) is 11.6. The number of hydrogen-bond acceptors (Lipinski definition) is 3. The van der Waals surface area contributed by atoms with Crippen LogP contribution in [0.4, 0.5) is 10.1 Å². The van der Waals surface area contributed by atoms with Crippen molar-refractivity contribution in [2.45, 2.75) is 39.5 Å². The third-order valence-corrected chi connectivity index (χ3v) is 5.06. The van der Waals surface area contributed by atoms with Gasteiger partial charge in [0.2, 0.25) is 5.91 Å². The number of rotatable bonds is 7. The number of carbonyl (C=O) groups excluding carboxylic acids is 1. The first-order valence-electron chi connectivity index (χ1n) is 9.64. The number of aryl methyl sites for hydroxylation is 1. The molecule has 0 saturated carbocycles. The lowest BCUT2D eigenvalue weighted by Gasteiger charge is -2.25. The molecule has 29 heavy (non-hydrogen) atoms. The molecule has 158 valence electrons. The summed E-state index contributed by atoms with van der Waals surface area (Å²) in [6, 6.07) is 8.65. The van der Waals surface area contributed by atoms with Gasteiger partial charge in [-0.25, -0.2) is 4.39 Å². The Bertz CT molecular complexity index is 876. The van der Waals surface area contributed by atoms with Crippen molar-refractivity contribution in [3.63, 3.8) is 0 Å². The molecular weight excluding hydrogens is 435 g/mol. The van der Waals surface area contributed by atoms with E-state index in [9.17, 15) is 9.18 Å². The first-order valence-corrected chi connectivity index (χ1v) is 10.4. The Kier molecular flexibility index (Phi) is 7.83. The van der Waals surface area contributed by atoms with Crippen LogP contribution in [0.2, 0.25) is 0 Å². The maximum absolute atomic E-state index is 14.0. The largest absolute Gasteiger partial charge is 0.492 e. The number of halogens is 2. The zero-order valence-electron chi connectivity index (χ0n) is 18.0. The fourth-order valence-electron chi connectivity index (χ4n) is 2.89. The first kappa shape index (κ1) is 23.4. The van der Waals surface area contributed by atoms with E-state index in [4.69, 9.17) is 4.74 Å². The summed E-state index contributed by atoms with van der Waals surface area (Å²) in [5, 5.41) is 2.93. The van der Waals surface area contributed by atoms with Crippen molar-refractivity contribution >= 4 is 27.5 Å². The summed E-state index contributed by atoms with van der Waals surface area (Å²) >= 11 is 3.23. The van der Waals surface area contributed by atoms with Gasteiger partial charge in [0.1, 0.15) is 18.2 Å². The molecule has 0 fully saturated rings. The van der Waals surface area contributed by atoms with Crippen LogP contribution in [0.25, 0.3) is 0 Å². The molecule has 1 N–H and O–H groups in total. The van der Waals surface area contributed by atoms with E-state index in [2.05, 4.69) is 46.9 Å². The molecule has 0 aliphatic heterocycles. The van der Waals surface area contributed by atoms with Gasteiger partial charge in [0.25, 0.3) is 0 Å². The highest BCUT2D eigenvalue weighted by Gasteiger charge is 2.22. The van der Waals surface area contributed by atoms with Gasteiger partial charge in [0, 0.05) is 22.3 Å². The average molecular weight is 465 g/mol. The van der Waals surface area contributed by atoms with E-state index in [-0.39, 0.29) is 17.7 Å². The number of carbonyl (C=O) groups is 1. The number of anilines is 1. The number of ether oxygens (including phenoxy) is 1. The number of benzene rings is 2. The summed E-state index contributed by atoms with van der Waals surface area (Å²) in [6.07, 6.45) is -0.0233. The minimum Gasteiger partial charge on any atom is -0.492 e. The van der Waals surface area contributed by atoms with E-state index in [0.717, 1.165) is 29.1 Å². The molecule has 1 amide bonds. The van der Waals surface area contributed by atoms with Gasteiger partial charge in [0.15, 0.2) is 0 Å². The lowest BCUT2D eigenvalue weighted by Crippen LogP contribution is -2.22. The SMILES string of the molecule is Cc1cc(OCCN(C)C)c(C(C)(C)C)cc1NC(=O)Cc1ccc(Br)cc1F. The molecule has 0 aromatic heterocycles. The molecule has 2 aromatic carbocycles. The fourth-order valence-corrected chi connectivity index (χ4v) is 3.23. The van der Waals surface area contributed by atoms with Crippen LogP contribution in [0.3, 0.4) is 0 Å². The lowest BCUT2D eigenvalue weighted by molar-refractivity contribution is -0.115. The van der Waals surface area contributed by atoms with E-state index >= 15 is 0 Å². The Balaban J connectivity index is 2.22. The van der Waals surface area contributed by atoms with E-state index in [0.29, 0.717) is 16.6 Å². The van der Waals surface area contributed by atoms with Crippen LogP contribution in [0.5, 0.6) is 5.75 Å². The molecule has 0 aliphatic carbocycles. The minimum absolute atomic E-state index is 0.0233. The highest BCUT2D eigenvalue weighted by Crippen LogP contribution is 2.35. The van der Waals surface area contributed by atoms with Crippen LogP contribution < -0.4 is 10.1 Å². The predicted octanol–water partition coefficient (Wildman–Crippen LogP) is 5.32. The monoisotopic (exact) mass is 464 g/mol. The fraction of sp³-hybridized carbons (Fsp3) is 0.435. The Morgan fingerprint density at radius 3 is 2.48 bits per heavy atom. The molecule has 0 spiro atoms. The summed E-state index contributed by atoms with van der Waals surface area (Å²) in [6.45, 7) is 9.67. The maximum atomic E-state index is 14.0. The standard InChI is InChI=1S/C23H30BrFN2O2/c1-15-11-21(29-10-9-27(5)6)18(23(2,3)4)14-20(15)26-22(28)12-16-7-8-17(24)13-19(16)25/h7-8,11,13-14H,9-10,12H2,1-6H3,(H,26,28). The summed E-state index contributed by atoms with van der Waals surface area (Å²) in [4.78, 5) is 14.6. The summed E-state index contributed by atoms with van der Waals surface area (Å²) < 4.78 is 20.7. The van der Waals surface area contributed by atoms with Crippen molar-refractivity contribution in [2.75, 3.05) is 32.6 Å². The number of hydrogen-bond donors (Lipinski definition) is 1. The molecule has 2 aromatic rings. The zero-order valence-corrected chi connectivity index (χ0v) is 19.6. The molecule has 0 bridgehead atoms. The quantitative estimate of drug-likeness (QED) is 0.602. The second-order valence-electron chi connectivity index (χ2n) is 8.53. The van der Waals surface area contributed by atoms with Gasteiger partial charge in [-0.2, -0.15) is 0 Å². The third-order valence-electron chi connectivity index (χ3n) is 4.57. The molecule has 6 heteroatoms. The summed E-state index contributed by atoms with van der Waals surface area (Å²) in [7, 11) is 4.01. The second-order valence-corrected chi connectivity index (χ2v) is 9.44. The third kappa shape index (κ3) is 6.82. The molecule has 4 nitrogen and oxygen atoms in total. The number of nitrogens with one attached hydrogen (secondary N) is 1. The lowest BCUT2D eigenvalue weighted by atomic mass is 9.85. The van der Waals surface area contributed by atoms with Crippen molar-refractivity contribution in [1.82, 2.24) is 4.90 Å². The Hall–Kier alpha value is -1.92. The van der Waals surface area contributed by atoms with Crippen LogP contribution in [-0.2, 0) is 16.6 Å². The van der Waals surface area contributed by atoms with E-state index in [1.807, 2.05) is 33.2 Å². The number of likely N-dealkylation sites (N-methyl/N-ethyl adjacent to an activating group) is 1. The molecule has 0 radical (unpaired) electrons. The van der Waals surface area contributed by atoms with Crippen molar-refractivity contribution in [3.05, 3.63) is 57.3 Å². The number of amides is 1. The average Bonchev–Trinajstić information content (AvgIpc) is 2.58. The number of nitrogens with zero attached hydrogens (tertiary/aromatic N) is 1. The van der Waals surface area contributed by atoms with Crippen molar-refractivity contribution in [3.8, 4) is 5.75 Å². The minimum atomic E-state index is -0.397. The molecule has 2 rings (SSSR count). The summed E-state index contributed by atoms with van der Waals surface area (Å²) in [5.41, 5.74) is 2.85. The van der Waals surface area contributed by atoms with E-state index in [1.165, 1.54) is 6.07 Å². The Morgan fingerprint density at radius 2 is 1.90 bits per heavy atom. The Labute approximate surface area is 181 Å². The highest BCUT2D eigenvalue weighted by atomic mass is 79.9. The van der Waals surface area contributed by atoms with Gasteiger partial charge in [-0.05, 0) is 61.8 Å². The zero-order chi connectivity index (χ0) is 21.8. The molecular formula is C23H30BrFN2O2. The van der Waals surface area contributed by atoms with E-state index in [1.54, 1.807) is 12.1 Å². The van der Waals surface area contributed by atoms with Gasteiger partial charge in [-0.1, -0.05) is 42.8 Å². The van der Waals surface area contributed by atoms with Crippen LogP contribution >= 0.6 is 15.9 Å². The van der Waals surface area contributed by atoms with Crippen molar-refractivity contribution < 1.29 is 13.9 Å². The van der Waals surface area contributed by atoms with Gasteiger partial charge in [-0.3, -0.25) is 4.79 Å². The van der Waals surface area contributed by atoms with Gasteiger partial charge >= 0.3 is 0 Å². The van der Waals surface area contributed by atoms with Crippen LogP contribution in [-0.4, -0.2) is 38.1 Å². The molecule has 0 saturated heterocycles. The Morgan fingerprint density at radius 1 is 1.21 bits per heavy atom. The topological polar surface area (TPSA) is 41.6 Å². The van der Waals surface area contributed by atoms with Crippen LogP contribution in [0.15, 0.2) is 34.8 Å². The predicted molar refractivity (Wildman–Crippen MR) is 120 cm³/mol. The van der Waals surface area contributed by atoms with Gasteiger partial charge in [-0.15, -0.1) is 0 Å². The van der Waals surface area contributed by atoms with Crippen LogP contribution in [0.1, 0.15) is 37.5 Å². The van der Waals surface area contributed by atoms with Crippen molar-refractivity contribution in [2.24, 2.45) is 0 Å². The molecule has 0 unspecified atom stereocenters. The first-order chi connectivity index (χ1) is 13.5. The van der Waals surface area contributed by atoms with E-state index < -0.39 is 5.82 Å². The highest BCUT2D eigenvalue weighted by molar-refractivity contribution is 9.10. The second kappa shape index (κ2) is 9.72. The molecule has 0 heterocycles. The summed E-state index contributed by atoms with van der Waals surface area (Å²) in [5.74, 6) is 0.176. The maximum Gasteiger partial charge on any atom is 0.228 e. The van der Waals surface area contributed by atoms with Gasteiger partial charge < -0.3 is 15.0 Å².